The zero-order chi connectivity index (χ0) is 20.1. The van der Waals surface area contributed by atoms with Gasteiger partial charge in [-0.2, -0.15) is 0 Å². The van der Waals surface area contributed by atoms with Crippen LogP contribution in [-0.2, 0) is 16.6 Å². The van der Waals surface area contributed by atoms with Crippen molar-refractivity contribution in [2.75, 3.05) is 4.72 Å². The Balaban J connectivity index is 1.80. The van der Waals surface area contributed by atoms with Crippen LogP contribution in [0.25, 0.3) is 0 Å². The number of carbonyl (C=O) groups is 1. The fraction of sp³-hybridized carbons (Fsp3) is 0.0526. The van der Waals surface area contributed by atoms with Gasteiger partial charge in [-0.3, -0.25) is 14.5 Å². The monoisotopic (exact) mass is 435 g/mol. The standard InChI is InChI=1S/C19H15Cl2N3O3S/c20-14-5-7-15(8-6-14)24-28(26,27)18-11-13(4-9-17(18)21)19(25)23-12-16-3-1-2-10-22-16/h1-11,24H,12H2,(H,23,25). The lowest BCUT2D eigenvalue weighted by Crippen LogP contribution is -2.24. The van der Waals surface area contributed by atoms with E-state index in [1.165, 1.54) is 30.3 Å². The maximum atomic E-state index is 12.7. The second-order valence-corrected chi connectivity index (χ2v) is 8.26. The predicted molar refractivity (Wildman–Crippen MR) is 109 cm³/mol. The van der Waals surface area contributed by atoms with Gasteiger partial charge in [0.25, 0.3) is 15.9 Å². The van der Waals surface area contributed by atoms with E-state index in [9.17, 15) is 13.2 Å². The van der Waals surface area contributed by atoms with Gasteiger partial charge in [0.2, 0.25) is 0 Å². The van der Waals surface area contributed by atoms with Gasteiger partial charge in [-0.1, -0.05) is 29.3 Å². The zero-order valence-corrected chi connectivity index (χ0v) is 16.7. The Morgan fingerprint density at radius 1 is 1.00 bits per heavy atom. The van der Waals surface area contributed by atoms with Crippen molar-refractivity contribution in [3.05, 3.63) is 88.2 Å². The van der Waals surface area contributed by atoms with Crippen molar-refractivity contribution in [1.29, 1.82) is 0 Å². The molecule has 3 aromatic rings. The number of sulfonamides is 1. The topological polar surface area (TPSA) is 88.2 Å². The number of nitrogens with one attached hydrogen (secondary N) is 2. The number of benzene rings is 2. The van der Waals surface area contributed by atoms with Gasteiger partial charge < -0.3 is 5.32 Å². The summed E-state index contributed by atoms with van der Waals surface area (Å²) >= 11 is 11.9. The van der Waals surface area contributed by atoms with Crippen molar-refractivity contribution < 1.29 is 13.2 Å². The molecule has 0 saturated heterocycles. The molecular weight excluding hydrogens is 421 g/mol. The van der Waals surface area contributed by atoms with E-state index in [1.807, 2.05) is 6.07 Å². The molecule has 1 amide bonds. The van der Waals surface area contributed by atoms with Crippen LogP contribution in [0.3, 0.4) is 0 Å². The molecule has 144 valence electrons. The summed E-state index contributed by atoms with van der Waals surface area (Å²) in [7, 11) is -4.00. The molecule has 2 N–H and O–H groups in total. The first-order valence-corrected chi connectivity index (χ1v) is 10.3. The first-order valence-electron chi connectivity index (χ1n) is 8.11. The molecule has 0 aliphatic rings. The van der Waals surface area contributed by atoms with Crippen LogP contribution in [0.2, 0.25) is 10.0 Å². The van der Waals surface area contributed by atoms with Crippen molar-refractivity contribution in [3.63, 3.8) is 0 Å². The van der Waals surface area contributed by atoms with Gasteiger partial charge in [0.05, 0.1) is 17.3 Å². The van der Waals surface area contributed by atoms with Gasteiger partial charge in [-0.05, 0) is 54.6 Å². The average Bonchev–Trinajstić information content (AvgIpc) is 2.69. The molecule has 0 unspecified atom stereocenters. The normalized spacial score (nSPS) is 11.1. The lowest BCUT2D eigenvalue weighted by molar-refractivity contribution is 0.0950. The van der Waals surface area contributed by atoms with Crippen LogP contribution in [0.4, 0.5) is 5.69 Å². The fourth-order valence-electron chi connectivity index (χ4n) is 2.35. The van der Waals surface area contributed by atoms with Gasteiger partial charge in [0, 0.05) is 22.5 Å². The van der Waals surface area contributed by atoms with Crippen LogP contribution in [0.15, 0.2) is 71.8 Å². The number of aromatic nitrogens is 1. The van der Waals surface area contributed by atoms with E-state index in [-0.39, 0.29) is 22.0 Å². The molecule has 6 nitrogen and oxygen atoms in total. The highest BCUT2D eigenvalue weighted by molar-refractivity contribution is 7.92. The molecule has 28 heavy (non-hydrogen) atoms. The number of carbonyl (C=O) groups excluding carboxylic acids is 1. The van der Waals surface area contributed by atoms with Crippen molar-refractivity contribution >= 4 is 44.8 Å². The van der Waals surface area contributed by atoms with Crippen LogP contribution in [0, 0.1) is 0 Å². The molecule has 3 rings (SSSR count). The van der Waals surface area contributed by atoms with E-state index >= 15 is 0 Å². The molecule has 0 radical (unpaired) electrons. The first kappa shape index (κ1) is 20.1. The van der Waals surface area contributed by atoms with E-state index in [0.29, 0.717) is 16.4 Å². The third-order valence-corrected chi connectivity index (χ3v) is 5.85. The van der Waals surface area contributed by atoms with Gasteiger partial charge in [-0.25, -0.2) is 8.42 Å². The second kappa shape index (κ2) is 8.60. The number of rotatable bonds is 6. The van der Waals surface area contributed by atoms with E-state index in [4.69, 9.17) is 23.2 Å². The van der Waals surface area contributed by atoms with Gasteiger partial charge in [0.1, 0.15) is 4.90 Å². The lowest BCUT2D eigenvalue weighted by atomic mass is 10.2. The minimum atomic E-state index is -4.00. The summed E-state index contributed by atoms with van der Waals surface area (Å²) in [6.45, 7) is 0.216. The number of hydrogen-bond donors (Lipinski definition) is 2. The Hall–Kier alpha value is -2.61. The maximum Gasteiger partial charge on any atom is 0.263 e. The highest BCUT2D eigenvalue weighted by Crippen LogP contribution is 2.25. The summed E-state index contributed by atoms with van der Waals surface area (Å²) in [5.74, 6) is -0.440. The molecule has 0 saturated carbocycles. The third kappa shape index (κ3) is 5.01. The largest absolute Gasteiger partial charge is 0.346 e. The van der Waals surface area contributed by atoms with Crippen LogP contribution in [0.5, 0.6) is 0 Å². The highest BCUT2D eigenvalue weighted by atomic mass is 35.5. The molecular formula is C19H15Cl2N3O3S. The molecule has 0 bridgehead atoms. The number of amides is 1. The van der Waals surface area contributed by atoms with E-state index in [1.54, 1.807) is 30.5 Å². The van der Waals surface area contributed by atoms with Gasteiger partial charge in [0.15, 0.2) is 0 Å². The summed E-state index contributed by atoms with van der Waals surface area (Å²) in [5, 5.41) is 3.18. The van der Waals surface area contributed by atoms with Crippen molar-refractivity contribution in [1.82, 2.24) is 10.3 Å². The molecule has 0 atom stereocenters. The molecule has 0 fully saturated rings. The lowest BCUT2D eigenvalue weighted by Gasteiger charge is -2.11. The van der Waals surface area contributed by atoms with Gasteiger partial charge in [-0.15, -0.1) is 0 Å². The Kier molecular flexibility index (Phi) is 6.18. The van der Waals surface area contributed by atoms with E-state index < -0.39 is 15.9 Å². The smallest absolute Gasteiger partial charge is 0.263 e. The Morgan fingerprint density at radius 3 is 2.43 bits per heavy atom. The summed E-state index contributed by atoms with van der Waals surface area (Å²) < 4.78 is 27.8. The number of hydrogen-bond acceptors (Lipinski definition) is 4. The Bertz CT molecular complexity index is 1090. The summed E-state index contributed by atoms with van der Waals surface area (Å²) in [6.07, 6.45) is 1.62. The minimum Gasteiger partial charge on any atom is -0.346 e. The third-order valence-electron chi connectivity index (χ3n) is 3.74. The summed E-state index contributed by atoms with van der Waals surface area (Å²) in [5.41, 5.74) is 1.17. The fourth-order valence-corrected chi connectivity index (χ4v) is 4.07. The molecule has 0 aliphatic heterocycles. The average molecular weight is 436 g/mol. The number of anilines is 1. The number of halogens is 2. The van der Waals surface area contributed by atoms with Crippen molar-refractivity contribution in [2.24, 2.45) is 0 Å². The maximum absolute atomic E-state index is 12.7. The van der Waals surface area contributed by atoms with Crippen LogP contribution in [0.1, 0.15) is 16.1 Å². The molecule has 1 aromatic heterocycles. The summed E-state index contributed by atoms with van der Waals surface area (Å²) in [6, 6.07) is 15.6. The van der Waals surface area contributed by atoms with Crippen LogP contribution >= 0.6 is 23.2 Å². The Labute approximate surface area is 172 Å². The second-order valence-electron chi connectivity index (χ2n) is 5.76. The van der Waals surface area contributed by atoms with E-state index in [2.05, 4.69) is 15.0 Å². The zero-order valence-electron chi connectivity index (χ0n) is 14.4. The molecule has 0 aliphatic carbocycles. The molecule has 9 heteroatoms. The van der Waals surface area contributed by atoms with Crippen molar-refractivity contribution in [2.45, 2.75) is 11.4 Å². The first-order chi connectivity index (χ1) is 13.3. The van der Waals surface area contributed by atoms with Crippen LogP contribution < -0.4 is 10.0 Å². The number of pyridine rings is 1. The Morgan fingerprint density at radius 2 is 1.75 bits per heavy atom. The van der Waals surface area contributed by atoms with E-state index in [0.717, 1.165) is 0 Å². The summed E-state index contributed by atoms with van der Waals surface area (Å²) in [4.78, 5) is 16.3. The molecule has 0 spiro atoms. The number of nitrogens with zero attached hydrogens (tertiary/aromatic N) is 1. The predicted octanol–water partition coefficient (Wildman–Crippen LogP) is 4.12. The quantitative estimate of drug-likeness (QED) is 0.609. The highest BCUT2D eigenvalue weighted by Gasteiger charge is 2.20. The van der Waals surface area contributed by atoms with Crippen molar-refractivity contribution in [3.8, 4) is 0 Å². The molecule has 2 aromatic carbocycles. The molecule has 1 heterocycles. The van der Waals surface area contributed by atoms with Crippen LogP contribution in [-0.4, -0.2) is 19.3 Å². The SMILES string of the molecule is O=C(NCc1ccccn1)c1ccc(Cl)c(S(=O)(=O)Nc2ccc(Cl)cc2)c1. The van der Waals surface area contributed by atoms with Gasteiger partial charge >= 0.3 is 0 Å². The minimum absolute atomic E-state index is 0.00254.